The Morgan fingerprint density at radius 3 is 2.38 bits per heavy atom. The van der Waals surface area contributed by atoms with Gasteiger partial charge >= 0.3 is 16.3 Å². The van der Waals surface area contributed by atoms with Crippen LogP contribution < -0.4 is 0 Å². The third-order valence-corrected chi connectivity index (χ3v) is 6.98. The zero-order valence-corrected chi connectivity index (χ0v) is 15.6. The van der Waals surface area contributed by atoms with Crippen molar-refractivity contribution < 1.29 is 23.1 Å². The Balaban J connectivity index is 1.75. The molecule has 4 atom stereocenters. The van der Waals surface area contributed by atoms with Gasteiger partial charge in [0.15, 0.2) is 0 Å². The molecule has 1 aliphatic heterocycles. The highest BCUT2D eigenvalue weighted by Crippen LogP contribution is 2.46. The molecule has 26 heavy (non-hydrogen) atoms. The number of hydrogen-bond donors (Lipinski definition) is 1. The molecule has 1 saturated carbocycles. The molecule has 1 aliphatic carbocycles. The molecule has 2 amide bonds. The molecule has 1 heterocycles. The second-order valence-electron chi connectivity index (χ2n) is 6.99. The predicted octanol–water partition coefficient (Wildman–Crippen LogP) is 1.35. The summed E-state index contributed by atoms with van der Waals surface area (Å²) in [4.78, 5) is 25.3. The Labute approximate surface area is 153 Å². The van der Waals surface area contributed by atoms with Gasteiger partial charge < -0.3 is 10.0 Å². The number of hydrogen-bond acceptors (Lipinski definition) is 4. The lowest BCUT2D eigenvalue weighted by Crippen LogP contribution is -2.40. The van der Waals surface area contributed by atoms with Gasteiger partial charge in [-0.15, -0.1) is 0 Å². The molecular weight excluding hydrogens is 358 g/mol. The van der Waals surface area contributed by atoms with Gasteiger partial charge in [0.25, 0.3) is 0 Å². The predicted molar refractivity (Wildman–Crippen MR) is 94.4 cm³/mol. The Kier molecular flexibility index (Phi) is 4.94. The maximum atomic E-state index is 12.9. The van der Waals surface area contributed by atoms with E-state index in [4.69, 9.17) is 0 Å². The van der Waals surface area contributed by atoms with Crippen molar-refractivity contribution in [3.05, 3.63) is 35.9 Å². The van der Waals surface area contributed by atoms with E-state index in [1.165, 1.54) is 9.21 Å². The maximum absolute atomic E-state index is 12.9. The Hall–Kier alpha value is -2.13. The van der Waals surface area contributed by atoms with E-state index in [0.29, 0.717) is 29.1 Å². The van der Waals surface area contributed by atoms with Gasteiger partial charge in [0.1, 0.15) is 0 Å². The minimum Gasteiger partial charge on any atom is -0.464 e. The van der Waals surface area contributed by atoms with Crippen LogP contribution >= 0.6 is 0 Å². The molecule has 1 N–H and O–H groups in total. The van der Waals surface area contributed by atoms with Gasteiger partial charge in [-0.2, -0.15) is 17.0 Å². The van der Waals surface area contributed by atoms with Gasteiger partial charge in [-0.05, 0) is 24.8 Å². The second-order valence-corrected chi connectivity index (χ2v) is 8.75. The molecule has 2 aliphatic rings. The van der Waals surface area contributed by atoms with Crippen molar-refractivity contribution >= 4 is 22.2 Å². The van der Waals surface area contributed by atoms with Crippen LogP contribution in [0, 0.1) is 5.92 Å². The monoisotopic (exact) mass is 381 g/mol. The summed E-state index contributed by atoms with van der Waals surface area (Å²) in [5, 5.41) is 9.45. The first-order valence-corrected chi connectivity index (χ1v) is 9.92. The van der Waals surface area contributed by atoms with Crippen molar-refractivity contribution in [3.8, 4) is 0 Å². The first-order valence-electron chi connectivity index (χ1n) is 8.52. The Morgan fingerprint density at radius 1 is 1.15 bits per heavy atom. The van der Waals surface area contributed by atoms with Crippen LogP contribution in [0.25, 0.3) is 0 Å². The summed E-state index contributed by atoms with van der Waals surface area (Å²) in [6.07, 6.45) is 0.140. The van der Waals surface area contributed by atoms with E-state index in [9.17, 15) is 23.1 Å². The number of benzene rings is 1. The minimum absolute atomic E-state index is 0.00734. The number of carboxylic acid groups (broad SMARTS) is 1. The molecule has 8 nitrogen and oxygen atoms in total. The third kappa shape index (κ3) is 3.41. The van der Waals surface area contributed by atoms with Crippen LogP contribution in [0.3, 0.4) is 0 Å². The number of carbonyl (C=O) groups is 2. The van der Waals surface area contributed by atoms with E-state index >= 15 is 0 Å². The number of rotatable bonds is 5. The highest BCUT2D eigenvalue weighted by atomic mass is 32.2. The third-order valence-electron chi connectivity index (χ3n) is 5.06. The van der Waals surface area contributed by atoms with E-state index in [1.54, 1.807) is 44.4 Å². The van der Waals surface area contributed by atoms with Crippen molar-refractivity contribution in [3.63, 3.8) is 0 Å². The van der Waals surface area contributed by atoms with Gasteiger partial charge in [0.05, 0.1) is 6.54 Å². The molecule has 1 aromatic carbocycles. The lowest BCUT2D eigenvalue weighted by molar-refractivity contribution is -0.133. The van der Waals surface area contributed by atoms with Gasteiger partial charge in [-0.25, -0.2) is 4.79 Å². The zero-order valence-electron chi connectivity index (χ0n) is 14.8. The van der Waals surface area contributed by atoms with Crippen LogP contribution in [0.15, 0.2) is 30.3 Å². The molecule has 0 radical (unpaired) electrons. The molecule has 0 bridgehead atoms. The Morgan fingerprint density at radius 2 is 1.81 bits per heavy atom. The van der Waals surface area contributed by atoms with Crippen LogP contribution in [-0.4, -0.2) is 65.2 Å². The largest absolute Gasteiger partial charge is 0.464 e. The average Bonchev–Trinajstić information content (AvgIpc) is 3.33. The SMILES string of the molecule is CN(C)C(=O)[C@H]1CC[C@@H]2[C@H](C1)N2S(=O)(=O)N(Cc1ccccc1)C(=O)O. The summed E-state index contributed by atoms with van der Waals surface area (Å²) >= 11 is 0. The summed E-state index contributed by atoms with van der Waals surface area (Å²) in [6.45, 7) is -0.228. The van der Waals surface area contributed by atoms with Crippen LogP contribution in [0.2, 0.25) is 0 Å². The van der Waals surface area contributed by atoms with Crippen LogP contribution in [0.4, 0.5) is 4.79 Å². The van der Waals surface area contributed by atoms with E-state index < -0.39 is 16.3 Å². The molecule has 9 heteroatoms. The van der Waals surface area contributed by atoms with E-state index in [-0.39, 0.29) is 30.5 Å². The molecule has 3 rings (SSSR count). The van der Waals surface area contributed by atoms with E-state index in [1.807, 2.05) is 0 Å². The second kappa shape index (κ2) is 6.88. The molecule has 1 saturated heterocycles. The molecule has 0 aromatic heterocycles. The van der Waals surface area contributed by atoms with Crippen molar-refractivity contribution in [1.29, 1.82) is 0 Å². The fraction of sp³-hybridized carbons (Fsp3) is 0.529. The summed E-state index contributed by atoms with van der Waals surface area (Å²) in [6, 6.07) is 8.13. The fourth-order valence-electron chi connectivity index (χ4n) is 3.71. The number of fused-ring (bicyclic) bond motifs is 1. The number of amides is 2. The summed E-state index contributed by atoms with van der Waals surface area (Å²) < 4.78 is 27.5. The van der Waals surface area contributed by atoms with Gasteiger partial charge in [-0.1, -0.05) is 30.3 Å². The van der Waals surface area contributed by atoms with E-state index in [0.717, 1.165) is 0 Å². The molecule has 2 fully saturated rings. The highest BCUT2D eigenvalue weighted by Gasteiger charge is 2.60. The highest BCUT2D eigenvalue weighted by molar-refractivity contribution is 7.87. The van der Waals surface area contributed by atoms with Crippen molar-refractivity contribution in [2.75, 3.05) is 14.1 Å². The van der Waals surface area contributed by atoms with Gasteiger partial charge in [-0.3, -0.25) is 4.79 Å². The lowest BCUT2D eigenvalue weighted by atomic mass is 9.88. The van der Waals surface area contributed by atoms with Crippen LogP contribution in [0.1, 0.15) is 24.8 Å². The topological polar surface area (TPSA) is 98.0 Å². The molecule has 1 aromatic rings. The summed E-state index contributed by atoms with van der Waals surface area (Å²) in [5.41, 5.74) is 0.601. The number of carbonyl (C=O) groups excluding carboxylic acids is 1. The van der Waals surface area contributed by atoms with Gasteiger partial charge in [0.2, 0.25) is 5.91 Å². The molecule has 1 unspecified atom stereocenters. The molecule has 142 valence electrons. The number of nitrogens with zero attached hydrogens (tertiary/aromatic N) is 3. The smallest absolute Gasteiger partial charge is 0.422 e. The maximum Gasteiger partial charge on any atom is 0.422 e. The summed E-state index contributed by atoms with van der Waals surface area (Å²) in [7, 11) is -0.770. The van der Waals surface area contributed by atoms with Crippen LogP contribution in [-0.2, 0) is 21.5 Å². The first-order chi connectivity index (χ1) is 12.2. The van der Waals surface area contributed by atoms with Crippen molar-refractivity contribution in [2.24, 2.45) is 5.92 Å². The Bertz CT molecular complexity index is 796. The summed E-state index contributed by atoms with van der Waals surface area (Å²) in [5.74, 6) is -0.217. The zero-order chi connectivity index (χ0) is 19.1. The lowest BCUT2D eigenvalue weighted by Gasteiger charge is -2.22. The minimum atomic E-state index is -4.14. The molecular formula is C17H23N3O5S. The standard InChI is InChI=1S/C17H23N3O5S/c1-18(2)16(21)13-8-9-14-15(10-13)20(14)26(24,25)19(17(22)23)11-12-6-4-3-5-7-12/h3-7,13-15H,8-11H2,1-2H3,(H,22,23)/t13-,14+,15-,20?/m0/s1. The van der Waals surface area contributed by atoms with Crippen molar-refractivity contribution in [2.45, 2.75) is 37.9 Å². The normalized spacial score (nSPS) is 27.3. The van der Waals surface area contributed by atoms with Crippen molar-refractivity contribution in [1.82, 2.24) is 13.5 Å². The molecule has 0 spiro atoms. The van der Waals surface area contributed by atoms with E-state index in [2.05, 4.69) is 0 Å². The average molecular weight is 381 g/mol. The van der Waals surface area contributed by atoms with Crippen LogP contribution in [0.5, 0.6) is 0 Å². The quantitative estimate of drug-likeness (QED) is 0.777. The first kappa shape index (κ1) is 18.7. The van der Waals surface area contributed by atoms with Gasteiger partial charge in [0, 0.05) is 32.1 Å². The fourth-order valence-corrected chi connectivity index (χ4v) is 5.55.